The number of pyridine rings is 1. The summed E-state index contributed by atoms with van der Waals surface area (Å²) in [5.74, 6) is 1.37. The van der Waals surface area contributed by atoms with Gasteiger partial charge in [0.25, 0.3) is 0 Å². The predicted molar refractivity (Wildman–Crippen MR) is 103 cm³/mol. The van der Waals surface area contributed by atoms with Crippen LogP contribution >= 0.6 is 0 Å². The molecule has 0 aliphatic heterocycles. The number of ether oxygens (including phenoxy) is 2. The molecule has 2 aromatic rings. The molecule has 0 aliphatic carbocycles. The fraction of sp³-hybridized carbons (Fsp3) is 0.429. The second-order valence-electron chi connectivity index (χ2n) is 6.67. The minimum atomic E-state index is -0.446. The fourth-order valence-corrected chi connectivity index (χ4v) is 3.15. The van der Waals surface area contributed by atoms with E-state index in [9.17, 15) is 4.79 Å². The molecule has 0 fully saturated rings. The molecular weight excluding hydrogens is 328 g/mol. The number of carbonyl (C=O) groups is 1. The highest BCUT2D eigenvalue weighted by atomic mass is 16.6. The molecule has 1 aromatic carbocycles. The van der Waals surface area contributed by atoms with Crippen molar-refractivity contribution in [1.82, 2.24) is 10.3 Å². The molecule has 5 nitrogen and oxygen atoms in total. The quantitative estimate of drug-likeness (QED) is 0.797. The summed E-state index contributed by atoms with van der Waals surface area (Å²) in [6.45, 7) is 12.0. The molecule has 1 aromatic heterocycles. The van der Waals surface area contributed by atoms with E-state index in [0.29, 0.717) is 12.3 Å². The van der Waals surface area contributed by atoms with E-state index in [1.807, 2.05) is 40.7 Å². The van der Waals surface area contributed by atoms with Crippen LogP contribution in [0.15, 0.2) is 18.2 Å². The number of hydrogen-bond donors (Lipinski definition) is 1. The maximum Gasteiger partial charge on any atom is 0.407 e. The van der Waals surface area contributed by atoms with E-state index in [-0.39, 0.29) is 6.10 Å². The molecule has 0 aliphatic rings. The summed E-state index contributed by atoms with van der Waals surface area (Å²) in [4.78, 5) is 16.2. The van der Waals surface area contributed by atoms with E-state index in [0.717, 1.165) is 33.7 Å². The molecule has 0 spiro atoms. The summed E-state index contributed by atoms with van der Waals surface area (Å²) in [7, 11) is 1.55. The molecule has 5 heteroatoms. The second-order valence-corrected chi connectivity index (χ2v) is 6.67. The van der Waals surface area contributed by atoms with Crippen molar-refractivity contribution in [3.63, 3.8) is 0 Å². The van der Waals surface area contributed by atoms with E-state index in [1.165, 1.54) is 5.56 Å². The fourth-order valence-electron chi connectivity index (χ4n) is 3.15. The lowest BCUT2D eigenvalue weighted by Crippen LogP contribution is -2.22. The van der Waals surface area contributed by atoms with Crippen LogP contribution < -0.4 is 10.1 Å². The standard InChI is InChI=1S/C21H28N2O3/c1-8-18(25-21(24)22-7)17-11-15(5)23-20(16(17)6)26-19-13(3)9-12(2)10-14(19)4/h9-11,18H,8H2,1-7H3,(H,22,24). The Balaban J connectivity index is 2.45. The average Bonchev–Trinajstić information content (AvgIpc) is 2.58. The Morgan fingerprint density at radius 3 is 2.27 bits per heavy atom. The van der Waals surface area contributed by atoms with Crippen molar-refractivity contribution in [2.45, 2.75) is 54.1 Å². The van der Waals surface area contributed by atoms with Gasteiger partial charge in [0.05, 0.1) is 0 Å². The van der Waals surface area contributed by atoms with Crippen LogP contribution in [-0.2, 0) is 4.74 Å². The molecule has 2 rings (SSSR count). The molecule has 140 valence electrons. The number of aryl methyl sites for hydroxylation is 4. The van der Waals surface area contributed by atoms with E-state index < -0.39 is 6.09 Å². The van der Waals surface area contributed by atoms with Gasteiger partial charge in [0.2, 0.25) is 5.88 Å². The van der Waals surface area contributed by atoms with Crippen LogP contribution in [0.1, 0.15) is 53.0 Å². The Bertz CT molecular complexity index is 792. The van der Waals surface area contributed by atoms with Gasteiger partial charge in [-0.3, -0.25) is 0 Å². The highest BCUT2D eigenvalue weighted by Crippen LogP contribution is 2.35. The zero-order valence-electron chi connectivity index (χ0n) is 16.7. The largest absolute Gasteiger partial charge is 0.441 e. The number of nitrogens with zero attached hydrogens (tertiary/aromatic N) is 1. The normalized spacial score (nSPS) is 11.8. The first kappa shape index (κ1) is 19.8. The lowest BCUT2D eigenvalue weighted by molar-refractivity contribution is 0.0964. The van der Waals surface area contributed by atoms with Crippen molar-refractivity contribution in [2.75, 3.05) is 7.05 Å². The van der Waals surface area contributed by atoms with Crippen LogP contribution in [0.2, 0.25) is 0 Å². The maximum absolute atomic E-state index is 11.7. The monoisotopic (exact) mass is 356 g/mol. The molecule has 0 bridgehead atoms. The lowest BCUT2D eigenvalue weighted by atomic mass is 10.0. The molecule has 1 N–H and O–H groups in total. The van der Waals surface area contributed by atoms with Gasteiger partial charge in [-0.2, -0.15) is 0 Å². The van der Waals surface area contributed by atoms with Gasteiger partial charge >= 0.3 is 6.09 Å². The first-order valence-corrected chi connectivity index (χ1v) is 8.89. The third kappa shape index (κ3) is 4.34. The second kappa shape index (κ2) is 8.21. The van der Waals surface area contributed by atoms with Crippen molar-refractivity contribution < 1.29 is 14.3 Å². The van der Waals surface area contributed by atoms with Gasteiger partial charge in [-0.1, -0.05) is 24.6 Å². The summed E-state index contributed by atoms with van der Waals surface area (Å²) in [5.41, 5.74) is 5.96. The van der Waals surface area contributed by atoms with Crippen molar-refractivity contribution >= 4 is 6.09 Å². The number of nitrogens with one attached hydrogen (secondary N) is 1. The first-order valence-electron chi connectivity index (χ1n) is 8.89. The van der Waals surface area contributed by atoms with Crippen molar-refractivity contribution in [3.8, 4) is 11.6 Å². The molecular formula is C21H28N2O3. The molecule has 0 saturated carbocycles. The van der Waals surface area contributed by atoms with E-state index in [4.69, 9.17) is 9.47 Å². The van der Waals surface area contributed by atoms with Crippen molar-refractivity contribution in [3.05, 3.63) is 51.7 Å². The van der Waals surface area contributed by atoms with E-state index >= 15 is 0 Å². The Hall–Kier alpha value is -2.56. The molecule has 26 heavy (non-hydrogen) atoms. The van der Waals surface area contributed by atoms with Gasteiger partial charge in [-0.05, 0) is 58.2 Å². The van der Waals surface area contributed by atoms with E-state index in [1.54, 1.807) is 7.05 Å². The molecule has 1 atom stereocenters. The van der Waals surface area contributed by atoms with Gasteiger partial charge in [0.15, 0.2) is 0 Å². The number of alkyl carbamates (subject to hydrolysis) is 1. The number of hydrogen-bond acceptors (Lipinski definition) is 4. The summed E-state index contributed by atoms with van der Waals surface area (Å²) in [6.07, 6.45) is -0.127. The smallest absolute Gasteiger partial charge is 0.407 e. The van der Waals surface area contributed by atoms with Gasteiger partial charge < -0.3 is 14.8 Å². The zero-order chi connectivity index (χ0) is 19.4. The SMILES string of the molecule is CCC(OC(=O)NC)c1cc(C)nc(Oc2c(C)cc(C)cc2C)c1C. The predicted octanol–water partition coefficient (Wildman–Crippen LogP) is 5.22. The minimum absolute atomic E-state index is 0.348. The van der Waals surface area contributed by atoms with Crippen LogP contribution in [0.4, 0.5) is 4.79 Å². The third-order valence-electron chi connectivity index (χ3n) is 4.37. The number of benzene rings is 1. The third-order valence-corrected chi connectivity index (χ3v) is 4.37. The zero-order valence-corrected chi connectivity index (χ0v) is 16.7. The maximum atomic E-state index is 11.7. The van der Waals surface area contributed by atoms with Crippen LogP contribution in [-0.4, -0.2) is 18.1 Å². The highest BCUT2D eigenvalue weighted by Gasteiger charge is 2.21. The Morgan fingerprint density at radius 1 is 1.12 bits per heavy atom. The Kier molecular flexibility index (Phi) is 6.24. The average molecular weight is 356 g/mol. The summed E-state index contributed by atoms with van der Waals surface area (Å²) >= 11 is 0. The molecule has 1 amide bonds. The number of rotatable bonds is 5. The van der Waals surface area contributed by atoms with Gasteiger partial charge in [0, 0.05) is 23.9 Å². The highest BCUT2D eigenvalue weighted by molar-refractivity contribution is 5.67. The summed E-state index contributed by atoms with van der Waals surface area (Å²) < 4.78 is 11.7. The first-order chi connectivity index (χ1) is 12.3. The van der Waals surface area contributed by atoms with Crippen LogP contribution in [0.5, 0.6) is 11.6 Å². The van der Waals surface area contributed by atoms with Crippen LogP contribution in [0.25, 0.3) is 0 Å². The number of aromatic nitrogens is 1. The minimum Gasteiger partial charge on any atom is -0.441 e. The summed E-state index contributed by atoms with van der Waals surface area (Å²) in [6, 6.07) is 6.14. The van der Waals surface area contributed by atoms with E-state index in [2.05, 4.69) is 29.4 Å². The molecule has 1 heterocycles. The topological polar surface area (TPSA) is 60.5 Å². The van der Waals surface area contributed by atoms with Gasteiger partial charge in [-0.15, -0.1) is 0 Å². The molecule has 1 unspecified atom stereocenters. The molecule has 0 radical (unpaired) electrons. The number of amides is 1. The lowest BCUT2D eigenvalue weighted by Gasteiger charge is -2.21. The van der Waals surface area contributed by atoms with Gasteiger partial charge in [0.1, 0.15) is 11.9 Å². The number of carbonyl (C=O) groups excluding carboxylic acids is 1. The van der Waals surface area contributed by atoms with Crippen LogP contribution in [0, 0.1) is 34.6 Å². The van der Waals surface area contributed by atoms with Gasteiger partial charge in [-0.25, -0.2) is 9.78 Å². The van der Waals surface area contributed by atoms with Crippen molar-refractivity contribution in [1.29, 1.82) is 0 Å². The van der Waals surface area contributed by atoms with Crippen LogP contribution in [0.3, 0.4) is 0 Å². The Morgan fingerprint density at radius 2 is 1.73 bits per heavy atom. The Labute approximate surface area is 155 Å². The van der Waals surface area contributed by atoms with Crippen molar-refractivity contribution in [2.24, 2.45) is 0 Å². The summed E-state index contributed by atoms with van der Waals surface area (Å²) in [5, 5.41) is 2.50. The molecule has 0 saturated heterocycles.